The summed E-state index contributed by atoms with van der Waals surface area (Å²) in [6.07, 6.45) is 0. The molecule has 10 heteroatoms. The van der Waals surface area contributed by atoms with Crippen molar-refractivity contribution in [1.29, 1.82) is 0 Å². The maximum Gasteiger partial charge on any atom is 0.286 e. The Labute approximate surface area is 170 Å². The number of nitrogens with one attached hydrogen (secondary N) is 3. The fraction of sp³-hybridized carbons (Fsp3) is 0.158. The Hall–Kier alpha value is -3.59. The van der Waals surface area contributed by atoms with E-state index in [1.807, 2.05) is 0 Å². The van der Waals surface area contributed by atoms with Crippen molar-refractivity contribution in [3.63, 3.8) is 0 Å². The highest BCUT2D eigenvalue weighted by Gasteiger charge is 2.20. The van der Waals surface area contributed by atoms with Gasteiger partial charge in [0, 0.05) is 16.5 Å². The molecule has 0 atom stereocenters. The van der Waals surface area contributed by atoms with Crippen LogP contribution in [-0.4, -0.2) is 43.2 Å². The lowest BCUT2D eigenvalue weighted by molar-refractivity contribution is 0.0843. The number of ether oxygens (including phenoxy) is 3. The maximum atomic E-state index is 12.5. The molecule has 3 aromatic rings. The van der Waals surface area contributed by atoms with E-state index in [1.165, 1.54) is 39.5 Å². The highest BCUT2D eigenvalue weighted by atomic mass is 35.5. The van der Waals surface area contributed by atoms with Crippen LogP contribution in [0.1, 0.15) is 20.8 Å². The minimum Gasteiger partial charge on any atom is -0.507 e. The topological polar surface area (TPSA) is 122 Å². The van der Waals surface area contributed by atoms with Crippen LogP contribution in [0.25, 0.3) is 10.9 Å². The number of aromatic nitrogens is 1. The van der Waals surface area contributed by atoms with E-state index in [0.717, 1.165) is 0 Å². The number of phenols is 1. The lowest BCUT2D eigenvalue weighted by Gasteiger charge is -2.11. The molecule has 0 spiro atoms. The van der Waals surface area contributed by atoms with Gasteiger partial charge in [0.1, 0.15) is 17.2 Å². The van der Waals surface area contributed by atoms with Gasteiger partial charge < -0.3 is 24.3 Å². The largest absolute Gasteiger partial charge is 0.507 e. The first kappa shape index (κ1) is 20.2. The number of phenolic OH excluding ortho intramolecular Hbond substituents is 1. The number of carbonyl (C=O) groups is 2. The number of hydrogen-bond donors (Lipinski definition) is 4. The Morgan fingerprint density at radius 2 is 1.66 bits per heavy atom. The summed E-state index contributed by atoms with van der Waals surface area (Å²) < 4.78 is 16.0. The van der Waals surface area contributed by atoms with E-state index in [0.29, 0.717) is 28.2 Å². The summed E-state index contributed by atoms with van der Waals surface area (Å²) in [5.41, 5.74) is 5.05. The first-order valence-electron chi connectivity index (χ1n) is 8.30. The van der Waals surface area contributed by atoms with Gasteiger partial charge in [-0.05, 0) is 24.3 Å². The highest BCUT2D eigenvalue weighted by molar-refractivity contribution is 6.31. The summed E-state index contributed by atoms with van der Waals surface area (Å²) >= 11 is 5.83. The van der Waals surface area contributed by atoms with Crippen LogP contribution in [0, 0.1) is 0 Å². The molecule has 1 aromatic heterocycles. The molecule has 0 aliphatic heterocycles. The number of hydrazine groups is 1. The second-order valence-corrected chi connectivity index (χ2v) is 6.29. The van der Waals surface area contributed by atoms with Crippen LogP contribution < -0.4 is 25.1 Å². The number of benzene rings is 2. The first-order chi connectivity index (χ1) is 13.9. The highest BCUT2D eigenvalue weighted by Crippen LogP contribution is 2.41. The Balaban J connectivity index is 1.86. The molecular formula is C19H18ClN3O6. The van der Waals surface area contributed by atoms with Gasteiger partial charge in [-0.25, -0.2) is 0 Å². The summed E-state index contributed by atoms with van der Waals surface area (Å²) in [6.45, 7) is 0. The third-order valence-corrected chi connectivity index (χ3v) is 4.41. The van der Waals surface area contributed by atoms with E-state index in [1.54, 1.807) is 12.1 Å². The second-order valence-electron chi connectivity index (χ2n) is 5.86. The molecule has 2 aromatic carbocycles. The molecule has 0 unspecified atom stereocenters. The number of fused-ring (bicyclic) bond motifs is 1. The van der Waals surface area contributed by atoms with Crippen molar-refractivity contribution in [3.05, 3.63) is 46.6 Å². The minimum atomic E-state index is -0.730. The fourth-order valence-electron chi connectivity index (χ4n) is 2.80. The molecule has 2 amide bonds. The van der Waals surface area contributed by atoms with E-state index < -0.39 is 11.8 Å². The quantitative estimate of drug-likeness (QED) is 0.471. The Kier molecular flexibility index (Phi) is 5.69. The molecule has 29 heavy (non-hydrogen) atoms. The molecule has 4 N–H and O–H groups in total. The number of amides is 2. The van der Waals surface area contributed by atoms with Crippen LogP contribution in [0.4, 0.5) is 0 Å². The number of rotatable bonds is 5. The zero-order chi connectivity index (χ0) is 21.1. The Morgan fingerprint density at radius 3 is 2.31 bits per heavy atom. The molecule has 3 rings (SSSR count). The Bertz CT molecular complexity index is 1100. The van der Waals surface area contributed by atoms with Gasteiger partial charge >= 0.3 is 0 Å². The first-order valence-corrected chi connectivity index (χ1v) is 8.68. The van der Waals surface area contributed by atoms with Crippen molar-refractivity contribution in [2.45, 2.75) is 0 Å². The summed E-state index contributed by atoms with van der Waals surface area (Å²) in [4.78, 5) is 27.6. The van der Waals surface area contributed by atoms with Gasteiger partial charge in [0.25, 0.3) is 11.8 Å². The van der Waals surface area contributed by atoms with Crippen molar-refractivity contribution < 1.29 is 28.9 Å². The van der Waals surface area contributed by atoms with Gasteiger partial charge in [-0.3, -0.25) is 20.4 Å². The molecule has 0 saturated carbocycles. The van der Waals surface area contributed by atoms with E-state index in [9.17, 15) is 14.7 Å². The standard InChI is InChI=1S/C19H18ClN3O6/c1-27-14-8-15(28-2)17(29-3)16-11(14)7-12(21-16)19(26)23-22-18(25)10-6-9(20)4-5-13(10)24/h4-8,21,24H,1-3H3,(H,22,25)(H,23,26). The molecule has 1 heterocycles. The monoisotopic (exact) mass is 419 g/mol. The summed E-state index contributed by atoms with van der Waals surface area (Å²) in [6, 6.07) is 7.19. The fourth-order valence-corrected chi connectivity index (χ4v) is 2.97. The van der Waals surface area contributed by atoms with Crippen molar-refractivity contribution in [1.82, 2.24) is 15.8 Å². The zero-order valence-corrected chi connectivity index (χ0v) is 16.5. The molecular weight excluding hydrogens is 402 g/mol. The predicted octanol–water partition coefficient (Wildman–Crippen LogP) is 2.63. The molecule has 0 saturated heterocycles. The van der Waals surface area contributed by atoms with Crippen LogP contribution in [-0.2, 0) is 0 Å². The number of hydrogen-bond acceptors (Lipinski definition) is 6. The maximum absolute atomic E-state index is 12.5. The van der Waals surface area contributed by atoms with Crippen molar-refractivity contribution >= 4 is 34.3 Å². The van der Waals surface area contributed by atoms with Crippen molar-refractivity contribution in [3.8, 4) is 23.0 Å². The molecule has 0 aliphatic carbocycles. The van der Waals surface area contributed by atoms with Gasteiger partial charge in [0.15, 0.2) is 11.5 Å². The van der Waals surface area contributed by atoms with E-state index >= 15 is 0 Å². The van der Waals surface area contributed by atoms with Gasteiger partial charge in [-0.1, -0.05) is 11.6 Å². The number of halogens is 1. The van der Waals surface area contributed by atoms with E-state index in [4.69, 9.17) is 25.8 Å². The molecule has 0 fully saturated rings. The van der Waals surface area contributed by atoms with Crippen LogP contribution in [0.2, 0.25) is 5.02 Å². The summed E-state index contributed by atoms with van der Waals surface area (Å²) in [7, 11) is 4.45. The van der Waals surface area contributed by atoms with Gasteiger partial charge in [0.05, 0.1) is 32.4 Å². The lowest BCUT2D eigenvalue weighted by Crippen LogP contribution is -2.41. The van der Waals surface area contributed by atoms with E-state index in [-0.39, 0.29) is 22.0 Å². The number of H-pyrrole nitrogens is 1. The molecule has 0 aliphatic rings. The average Bonchev–Trinajstić information content (AvgIpc) is 3.17. The van der Waals surface area contributed by atoms with Crippen LogP contribution in [0.5, 0.6) is 23.0 Å². The predicted molar refractivity (Wildman–Crippen MR) is 106 cm³/mol. The second kappa shape index (κ2) is 8.19. The smallest absolute Gasteiger partial charge is 0.286 e. The average molecular weight is 420 g/mol. The summed E-state index contributed by atoms with van der Waals surface area (Å²) in [5, 5.41) is 10.6. The SMILES string of the molecule is COc1cc(OC)c2cc(C(=O)NNC(=O)c3cc(Cl)ccc3O)[nH]c2c1OC. The van der Waals surface area contributed by atoms with E-state index in [2.05, 4.69) is 15.8 Å². The Morgan fingerprint density at radius 1 is 0.966 bits per heavy atom. The normalized spacial score (nSPS) is 10.5. The number of aromatic amines is 1. The molecule has 9 nitrogen and oxygen atoms in total. The summed E-state index contributed by atoms with van der Waals surface area (Å²) in [5.74, 6) is -0.328. The minimum absolute atomic E-state index is 0.0810. The number of methoxy groups -OCH3 is 3. The number of carbonyl (C=O) groups excluding carboxylic acids is 2. The zero-order valence-electron chi connectivity index (χ0n) is 15.8. The molecule has 0 radical (unpaired) electrons. The van der Waals surface area contributed by atoms with Crippen LogP contribution in [0.15, 0.2) is 30.3 Å². The van der Waals surface area contributed by atoms with Gasteiger partial charge in [-0.15, -0.1) is 0 Å². The number of aromatic hydroxyl groups is 1. The lowest BCUT2D eigenvalue weighted by atomic mass is 10.2. The van der Waals surface area contributed by atoms with Crippen molar-refractivity contribution in [2.75, 3.05) is 21.3 Å². The third kappa shape index (κ3) is 3.85. The van der Waals surface area contributed by atoms with Gasteiger partial charge in [-0.2, -0.15) is 0 Å². The van der Waals surface area contributed by atoms with Crippen molar-refractivity contribution in [2.24, 2.45) is 0 Å². The molecule has 0 bridgehead atoms. The van der Waals surface area contributed by atoms with Gasteiger partial charge in [0.2, 0.25) is 0 Å². The van der Waals surface area contributed by atoms with Crippen LogP contribution >= 0.6 is 11.6 Å². The third-order valence-electron chi connectivity index (χ3n) is 4.18. The molecule has 152 valence electrons. The van der Waals surface area contributed by atoms with Crippen LogP contribution in [0.3, 0.4) is 0 Å².